The number of para-hydroxylation sites is 1. The Bertz CT molecular complexity index is 1470. The van der Waals surface area contributed by atoms with Crippen LogP contribution in [0.4, 0.5) is 0 Å². The summed E-state index contributed by atoms with van der Waals surface area (Å²) in [7, 11) is -2.16. The third-order valence-corrected chi connectivity index (χ3v) is 11.7. The van der Waals surface area contributed by atoms with E-state index in [1.165, 1.54) is 0 Å². The molecule has 2 aliphatic heterocycles. The summed E-state index contributed by atoms with van der Waals surface area (Å²) in [6.07, 6.45) is 0.892. The number of nitrogens with zero attached hydrogens (tertiary/aromatic N) is 3. The number of fused-ring (bicyclic) bond motifs is 5. The van der Waals surface area contributed by atoms with Gasteiger partial charge in [0.05, 0.1) is 35.1 Å². The van der Waals surface area contributed by atoms with Gasteiger partial charge in [0.1, 0.15) is 14.7 Å². The standard InChI is InChI=1S/C26H27N3O4Si/c1-5-17(12-27)34(3,4)21-9-7-8-15-10-16-13-29-20(22(16)28-23(15)21)11-19-18(24(29)30)14-33-25(31)26(19,32)6-2/h7-11,17,32H,5-6,13-14H2,1-4H3/t17?,26-/m0/s1. The first-order valence-electron chi connectivity index (χ1n) is 11.7. The van der Waals surface area contributed by atoms with Crippen LogP contribution in [0.2, 0.25) is 18.6 Å². The van der Waals surface area contributed by atoms with Gasteiger partial charge in [0.25, 0.3) is 5.56 Å². The Kier molecular flexibility index (Phi) is 5.04. The van der Waals surface area contributed by atoms with Gasteiger partial charge in [-0.3, -0.25) is 4.79 Å². The Hall–Kier alpha value is -3.28. The van der Waals surface area contributed by atoms with Crippen molar-refractivity contribution in [1.29, 1.82) is 5.26 Å². The van der Waals surface area contributed by atoms with Gasteiger partial charge in [-0.15, -0.1) is 0 Å². The number of cyclic esters (lactones) is 1. The molecule has 1 N–H and O–H groups in total. The number of carbonyl (C=O) groups excluding carboxylic acids is 1. The molecule has 0 amide bonds. The summed E-state index contributed by atoms with van der Waals surface area (Å²) >= 11 is 0. The normalized spacial score (nSPS) is 19.7. The Morgan fingerprint density at radius 1 is 1.29 bits per heavy atom. The highest BCUT2D eigenvalue weighted by Crippen LogP contribution is 2.39. The van der Waals surface area contributed by atoms with Crippen LogP contribution in [0.1, 0.15) is 43.4 Å². The molecule has 0 fully saturated rings. The van der Waals surface area contributed by atoms with Crippen molar-refractivity contribution in [3.05, 3.63) is 57.4 Å². The second kappa shape index (κ2) is 7.62. The van der Waals surface area contributed by atoms with Crippen molar-refractivity contribution < 1.29 is 14.6 Å². The number of pyridine rings is 2. The fourth-order valence-corrected chi connectivity index (χ4v) is 8.53. The molecule has 2 aliphatic rings. The number of carbonyl (C=O) groups is 1. The molecule has 0 radical (unpaired) electrons. The van der Waals surface area contributed by atoms with Crippen LogP contribution >= 0.6 is 0 Å². The van der Waals surface area contributed by atoms with Gasteiger partial charge >= 0.3 is 5.97 Å². The first kappa shape index (κ1) is 22.5. The topological polar surface area (TPSA) is 105 Å². The van der Waals surface area contributed by atoms with Gasteiger partial charge in [-0.2, -0.15) is 5.26 Å². The molecule has 0 aliphatic carbocycles. The van der Waals surface area contributed by atoms with Crippen molar-refractivity contribution in [3.8, 4) is 17.5 Å². The molecule has 3 aromatic rings. The van der Waals surface area contributed by atoms with Crippen molar-refractivity contribution in [3.63, 3.8) is 0 Å². The molecule has 174 valence electrons. The molecule has 34 heavy (non-hydrogen) atoms. The SMILES string of the molecule is CCC(C#N)[Si](C)(C)c1cccc2cc3c(nc12)-c1cc2c(c(=O)n1C3)COC(=O)[C@]2(O)CC. The van der Waals surface area contributed by atoms with E-state index in [2.05, 4.69) is 31.3 Å². The lowest BCUT2D eigenvalue weighted by Gasteiger charge is -2.31. The van der Waals surface area contributed by atoms with E-state index in [9.17, 15) is 20.0 Å². The van der Waals surface area contributed by atoms with E-state index in [4.69, 9.17) is 9.72 Å². The van der Waals surface area contributed by atoms with Gasteiger partial charge < -0.3 is 14.4 Å². The summed E-state index contributed by atoms with van der Waals surface area (Å²) in [5, 5.41) is 23.0. The minimum absolute atomic E-state index is 0.0411. The molecular formula is C26H27N3O4Si. The zero-order chi connectivity index (χ0) is 24.4. The van der Waals surface area contributed by atoms with Crippen LogP contribution < -0.4 is 10.7 Å². The number of aromatic nitrogens is 2. The molecule has 1 aromatic carbocycles. The first-order chi connectivity index (χ1) is 16.2. The van der Waals surface area contributed by atoms with E-state index in [1.54, 1.807) is 17.6 Å². The first-order valence-corrected chi connectivity index (χ1v) is 14.7. The Balaban J connectivity index is 1.77. The van der Waals surface area contributed by atoms with Crippen LogP contribution in [0.3, 0.4) is 0 Å². The summed E-state index contributed by atoms with van der Waals surface area (Å²) < 4.78 is 6.80. The van der Waals surface area contributed by atoms with E-state index in [0.29, 0.717) is 29.1 Å². The molecule has 0 saturated heterocycles. The van der Waals surface area contributed by atoms with E-state index in [0.717, 1.165) is 28.1 Å². The van der Waals surface area contributed by atoms with Crippen molar-refractivity contribution in [2.45, 2.75) is 64.1 Å². The summed E-state index contributed by atoms with van der Waals surface area (Å²) in [6, 6.07) is 12.4. The Morgan fingerprint density at radius 3 is 2.74 bits per heavy atom. The third-order valence-electron chi connectivity index (χ3n) is 7.67. The van der Waals surface area contributed by atoms with Crippen molar-refractivity contribution in [2.24, 2.45) is 0 Å². The second-order valence-electron chi connectivity index (χ2n) is 9.79. The van der Waals surface area contributed by atoms with Gasteiger partial charge in [0.15, 0.2) is 5.60 Å². The number of ether oxygens (including phenoxy) is 1. The summed E-state index contributed by atoms with van der Waals surface area (Å²) in [4.78, 5) is 30.8. The lowest BCUT2D eigenvalue weighted by atomic mass is 9.86. The Morgan fingerprint density at radius 2 is 2.06 bits per heavy atom. The molecule has 7 nitrogen and oxygen atoms in total. The van der Waals surface area contributed by atoms with Crippen LogP contribution in [0, 0.1) is 11.3 Å². The maximum Gasteiger partial charge on any atom is 0.343 e. The maximum atomic E-state index is 13.4. The molecule has 0 bridgehead atoms. The van der Waals surface area contributed by atoms with Gasteiger partial charge in [-0.1, -0.05) is 45.1 Å². The van der Waals surface area contributed by atoms with Crippen LogP contribution in [0.25, 0.3) is 22.3 Å². The van der Waals surface area contributed by atoms with Gasteiger partial charge in [-0.25, -0.2) is 9.78 Å². The average Bonchev–Trinajstić information content (AvgIpc) is 3.18. The highest BCUT2D eigenvalue weighted by Gasteiger charge is 2.45. The predicted octanol–water partition coefficient (Wildman–Crippen LogP) is 3.30. The zero-order valence-electron chi connectivity index (χ0n) is 19.8. The number of rotatable bonds is 4. The predicted molar refractivity (Wildman–Crippen MR) is 131 cm³/mol. The lowest BCUT2D eigenvalue weighted by Crippen LogP contribution is -2.46. The van der Waals surface area contributed by atoms with Crippen molar-refractivity contribution in [1.82, 2.24) is 9.55 Å². The Labute approximate surface area is 198 Å². The van der Waals surface area contributed by atoms with Crippen LogP contribution in [0.5, 0.6) is 0 Å². The number of benzene rings is 1. The highest BCUT2D eigenvalue weighted by molar-refractivity contribution is 6.93. The van der Waals surface area contributed by atoms with Gasteiger partial charge in [-0.05, 0) is 30.2 Å². The highest BCUT2D eigenvalue weighted by atomic mass is 28.3. The zero-order valence-corrected chi connectivity index (χ0v) is 20.8. The molecule has 4 heterocycles. The molecule has 0 saturated carbocycles. The van der Waals surface area contributed by atoms with Gasteiger partial charge in [0.2, 0.25) is 0 Å². The summed E-state index contributed by atoms with van der Waals surface area (Å²) in [5.74, 6) is -0.728. The van der Waals surface area contributed by atoms with E-state index >= 15 is 0 Å². The van der Waals surface area contributed by atoms with Crippen LogP contribution in [0.15, 0.2) is 35.1 Å². The molecule has 2 aromatic heterocycles. The second-order valence-corrected chi connectivity index (χ2v) is 14.5. The summed E-state index contributed by atoms with van der Waals surface area (Å²) in [6.45, 7) is 8.38. The monoisotopic (exact) mass is 473 g/mol. The number of hydrogen-bond donors (Lipinski definition) is 1. The summed E-state index contributed by atoms with van der Waals surface area (Å²) in [5.41, 5.74) is 1.55. The van der Waals surface area contributed by atoms with E-state index in [-0.39, 0.29) is 24.1 Å². The van der Waals surface area contributed by atoms with Gasteiger partial charge in [0, 0.05) is 22.1 Å². The number of esters is 1. The molecule has 8 heteroatoms. The minimum Gasteiger partial charge on any atom is -0.458 e. The molecule has 2 atom stereocenters. The molecule has 0 spiro atoms. The fourth-order valence-electron chi connectivity index (χ4n) is 5.48. The lowest BCUT2D eigenvalue weighted by molar-refractivity contribution is -0.172. The smallest absolute Gasteiger partial charge is 0.343 e. The molecular weight excluding hydrogens is 446 g/mol. The van der Waals surface area contributed by atoms with Crippen LogP contribution in [-0.4, -0.2) is 28.7 Å². The number of nitriles is 1. The average molecular weight is 474 g/mol. The fraction of sp³-hybridized carbons (Fsp3) is 0.385. The van der Waals surface area contributed by atoms with E-state index < -0.39 is 19.6 Å². The van der Waals surface area contributed by atoms with Crippen LogP contribution in [-0.2, 0) is 28.3 Å². The largest absolute Gasteiger partial charge is 0.458 e. The number of hydrogen-bond acceptors (Lipinski definition) is 6. The molecule has 1 unspecified atom stereocenters. The molecule has 5 rings (SSSR count). The quantitative estimate of drug-likeness (QED) is 0.360. The minimum atomic E-state index is -2.16. The third kappa shape index (κ3) is 2.93. The van der Waals surface area contributed by atoms with E-state index in [1.807, 2.05) is 19.1 Å². The number of aliphatic hydroxyl groups is 1. The van der Waals surface area contributed by atoms with Crippen molar-refractivity contribution in [2.75, 3.05) is 0 Å². The van der Waals surface area contributed by atoms with Crippen molar-refractivity contribution >= 4 is 30.1 Å². The maximum absolute atomic E-state index is 13.4.